The van der Waals surface area contributed by atoms with Crippen LogP contribution in [0.3, 0.4) is 0 Å². The number of hydrogen-bond acceptors (Lipinski definition) is 4. The van der Waals surface area contributed by atoms with Crippen molar-refractivity contribution in [1.82, 2.24) is 10.6 Å². The summed E-state index contributed by atoms with van der Waals surface area (Å²) in [5.74, 6) is -0.126. The van der Waals surface area contributed by atoms with Crippen LogP contribution in [0.4, 0.5) is 0 Å². The van der Waals surface area contributed by atoms with Gasteiger partial charge in [0.05, 0.1) is 6.42 Å². The van der Waals surface area contributed by atoms with Crippen LogP contribution in [-0.4, -0.2) is 37.2 Å². The first-order valence-corrected chi connectivity index (χ1v) is 5.13. The van der Waals surface area contributed by atoms with E-state index in [0.29, 0.717) is 6.42 Å². The SMILES string of the molecule is CC(C)(C)OC(=O)CC1CNCCN1. The minimum atomic E-state index is -0.376. The maximum atomic E-state index is 11.4. The van der Waals surface area contributed by atoms with E-state index in [2.05, 4.69) is 10.6 Å². The number of carbonyl (C=O) groups is 1. The van der Waals surface area contributed by atoms with Gasteiger partial charge in [0.2, 0.25) is 0 Å². The maximum absolute atomic E-state index is 11.4. The molecule has 0 saturated carbocycles. The maximum Gasteiger partial charge on any atom is 0.307 e. The van der Waals surface area contributed by atoms with Gasteiger partial charge in [-0.1, -0.05) is 0 Å². The summed E-state index contributed by atoms with van der Waals surface area (Å²) < 4.78 is 5.23. The van der Waals surface area contributed by atoms with Gasteiger partial charge in [-0.3, -0.25) is 4.79 Å². The Bertz CT molecular complexity index is 193. The number of rotatable bonds is 2. The van der Waals surface area contributed by atoms with Crippen molar-refractivity contribution in [2.45, 2.75) is 38.8 Å². The Morgan fingerprint density at radius 1 is 1.43 bits per heavy atom. The Labute approximate surface area is 85.4 Å². The first kappa shape index (κ1) is 11.5. The number of ether oxygens (including phenoxy) is 1. The van der Waals surface area contributed by atoms with Crippen LogP contribution in [0.25, 0.3) is 0 Å². The predicted molar refractivity (Wildman–Crippen MR) is 55.1 cm³/mol. The third-order valence-electron chi connectivity index (χ3n) is 1.96. The normalized spacial score (nSPS) is 23.2. The molecule has 0 aromatic rings. The third kappa shape index (κ3) is 4.58. The van der Waals surface area contributed by atoms with Crippen LogP contribution in [0.2, 0.25) is 0 Å². The van der Waals surface area contributed by atoms with Gasteiger partial charge in [0.15, 0.2) is 0 Å². The molecule has 1 saturated heterocycles. The van der Waals surface area contributed by atoms with Gasteiger partial charge in [-0.05, 0) is 20.8 Å². The summed E-state index contributed by atoms with van der Waals surface area (Å²) in [6, 6.07) is 0.221. The smallest absolute Gasteiger partial charge is 0.307 e. The summed E-state index contributed by atoms with van der Waals surface area (Å²) in [4.78, 5) is 11.4. The summed E-state index contributed by atoms with van der Waals surface area (Å²) in [6.07, 6.45) is 0.449. The molecule has 1 atom stereocenters. The first-order chi connectivity index (χ1) is 6.47. The van der Waals surface area contributed by atoms with Crippen molar-refractivity contribution >= 4 is 5.97 Å². The van der Waals surface area contributed by atoms with Crippen molar-refractivity contribution in [2.24, 2.45) is 0 Å². The van der Waals surface area contributed by atoms with Gasteiger partial charge < -0.3 is 15.4 Å². The fourth-order valence-corrected chi connectivity index (χ4v) is 1.44. The second kappa shape index (κ2) is 4.75. The number of esters is 1. The van der Waals surface area contributed by atoms with Crippen molar-refractivity contribution in [1.29, 1.82) is 0 Å². The summed E-state index contributed by atoms with van der Waals surface area (Å²) >= 11 is 0. The summed E-state index contributed by atoms with van der Waals surface area (Å²) in [7, 11) is 0. The van der Waals surface area contributed by atoms with E-state index in [1.54, 1.807) is 0 Å². The number of hydrogen-bond donors (Lipinski definition) is 2. The summed E-state index contributed by atoms with van der Waals surface area (Å²) in [6.45, 7) is 8.41. The Morgan fingerprint density at radius 3 is 2.64 bits per heavy atom. The highest BCUT2D eigenvalue weighted by Crippen LogP contribution is 2.09. The first-order valence-electron chi connectivity index (χ1n) is 5.13. The van der Waals surface area contributed by atoms with Gasteiger partial charge in [0.1, 0.15) is 5.60 Å². The molecule has 1 rings (SSSR count). The third-order valence-corrected chi connectivity index (χ3v) is 1.96. The van der Waals surface area contributed by atoms with E-state index in [9.17, 15) is 4.79 Å². The van der Waals surface area contributed by atoms with E-state index in [0.717, 1.165) is 19.6 Å². The monoisotopic (exact) mass is 200 g/mol. The Morgan fingerprint density at radius 2 is 2.14 bits per heavy atom. The highest BCUT2D eigenvalue weighted by atomic mass is 16.6. The number of nitrogens with one attached hydrogen (secondary N) is 2. The van der Waals surface area contributed by atoms with Crippen LogP contribution in [0.15, 0.2) is 0 Å². The van der Waals surface area contributed by atoms with Crippen LogP contribution in [-0.2, 0) is 9.53 Å². The zero-order valence-electron chi connectivity index (χ0n) is 9.22. The fraction of sp³-hybridized carbons (Fsp3) is 0.900. The van der Waals surface area contributed by atoms with Crippen molar-refractivity contribution in [3.05, 3.63) is 0 Å². The molecule has 14 heavy (non-hydrogen) atoms. The Hall–Kier alpha value is -0.610. The quantitative estimate of drug-likeness (QED) is 0.629. The molecule has 0 radical (unpaired) electrons. The molecule has 2 N–H and O–H groups in total. The Balaban J connectivity index is 2.25. The van der Waals surface area contributed by atoms with Gasteiger partial charge in [0, 0.05) is 25.7 Å². The topological polar surface area (TPSA) is 50.4 Å². The molecule has 1 heterocycles. The average Bonchev–Trinajstić information content (AvgIpc) is 2.02. The largest absolute Gasteiger partial charge is 0.460 e. The van der Waals surface area contributed by atoms with Crippen LogP contribution < -0.4 is 10.6 Å². The molecule has 1 aliphatic rings. The standard InChI is InChI=1S/C10H20N2O2/c1-10(2,3)14-9(13)6-8-7-11-4-5-12-8/h8,11-12H,4-7H2,1-3H3. The van der Waals surface area contributed by atoms with E-state index in [-0.39, 0.29) is 17.6 Å². The van der Waals surface area contributed by atoms with Gasteiger partial charge in [0.25, 0.3) is 0 Å². The van der Waals surface area contributed by atoms with E-state index < -0.39 is 0 Å². The Kier molecular flexibility index (Phi) is 3.89. The molecular weight excluding hydrogens is 180 g/mol. The van der Waals surface area contributed by atoms with Crippen LogP contribution in [0, 0.1) is 0 Å². The van der Waals surface area contributed by atoms with Gasteiger partial charge in [-0.15, -0.1) is 0 Å². The van der Waals surface area contributed by atoms with Gasteiger partial charge in [-0.25, -0.2) is 0 Å². The fourth-order valence-electron chi connectivity index (χ4n) is 1.44. The van der Waals surface area contributed by atoms with Crippen LogP contribution >= 0.6 is 0 Å². The molecule has 0 spiro atoms. The number of piperazine rings is 1. The highest BCUT2D eigenvalue weighted by molar-refractivity contribution is 5.70. The second-order valence-electron chi connectivity index (χ2n) is 4.65. The van der Waals surface area contributed by atoms with Gasteiger partial charge in [-0.2, -0.15) is 0 Å². The average molecular weight is 200 g/mol. The minimum Gasteiger partial charge on any atom is -0.460 e. The van der Waals surface area contributed by atoms with Crippen LogP contribution in [0.5, 0.6) is 0 Å². The lowest BCUT2D eigenvalue weighted by Crippen LogP contribution is -2.49. The second-order valence-corrected chi connectivity index (χ2v) is 4.65. The lowest BCUT2D eigenvalue weighted by Gasteiger charge is -2.26. The van der Waals surface area contributed by atoms with E-state index in [4.69, 9.17) is 4.74 Å². The van der Waals surface area contributed by atoms with E-state index in [1.165, 1.54) is 0 Å². The minimum absolute atomic E-state index is 0.126. The highest BCUT2D eigenvalue weighted by Gasteiger charge is 2.21. The molecule has 4 heteroatoms. The molecule has 0 amide bonds. The lowest BCUT2D eigenvalue weighted by atomic mass is 10.1. The summed E-state index contributed by atoms with van der Waals surface area (Å²) in [5, 5.41) is 6.51. The lowest BCUT2D eigenvalue weighted by molar-refractivity contribution is -0.155. The van der Waals surface area contributed by atoms with Crippen molar-refractivity contribution in [3.63, 3.8) is 0 Å². The zero-order valence-corrected chi connectivity index (χ0v) is 9.22. The molecule has 0 aromatic carbocycles. The molecule has 1 unspecified atom stereocenters. The van der Waals surface area contributed by atoms with Crippen molar-refractivity contribution in [2.75, 3.05) is 19.6 Å². The molecule has 1 fully saturated rings. The predicted octanol–water partition coefficient (Wildman–Crippen LogP) is 0.280. The van der Waals surface area contributed by atoms with Crippen molar-refractivity contribution in [3.8, 4) is 0 Å². The molecule has 1 aliphatic heterocycles. The molecule has 0 aliphatic carbocycles. The molecule has 82 valence electrons. The zero-order chi connectivity index (χ0) is 10.6. The molecule has 0 bridgehead atoms. The van der Waals surface area contributed by atoms with Crippen molar-refractivity contribution < 1.29 is 9.53 Å². The van der Waals surface area contributed by atoms with E-state index in [1.807, 2.05) is 20.8 Å². The molecule has 4 nitrogen and oxygen atoms in total. The summed E-state index contributed by atoms with van der Waals surface area (Å²) in [5.41, 5.74) is -0.376. The van der Waals surface area contributed by atoms with Crippen LogP contribution in [0.1, 0.15) is 27.2 Å². The number of carbonyl (C=O) groups excluding carboxylic acids is 1. The van der Waals surface area contributed by atoms with E-state index >= 15 is 0 Å². The molecular formula is C10H20N2O2. The molecule has 0 aromatic heterocycles. The van der Waals surface area contributed by atoms with Gasteiger partial charge >= 0.3 is 5.97 Å².